The fraction of sp³-hybridized carbons (Fsp3) is 0.167. The summed E-state index contributed by atoms with van der Waals surface area (Å²) in [5.74, 6) is -0.542. The summed E-state index contributed by atoms with van der Waals surface area (Å²) < 4.78 is 10.8. The van der Waals surface area contributed by atoms with E-state index in [1.807, 2.05) is 18.2 Å². The van der Waals surface area contributed by atoms with Crippen LogP contribution in [0.3, 0.4) is 0 Å². The van der Waals surface area contributed by atoms with Crippen molar-refractivity contribution < 1.29 is 23.8 Å². The van der Waals surface area contributed by atoms with Crippen LogP contribution in [-0.4, -0.2) is 41.8 Å². The predicted octanol–water partition coefficient (Wildman–Crippen LogP) is 3.62. The number of aliphatic hydroxyl groups excluding tert-OH is 1. The number of carbonyl (C=O) groups is 2. The van der Waals surface area contributed by atoms with Gasteiger partial charge in [0.15, 0.2) is 6.61 Å². The second-order valence-corrected chi connectivity index (χ2v) is 7.63. The smallest absolute Gasteiger partial charge is 0.340 e. The van der Waals surface area contributed by atoms with E-state index in [0.29, 0.717) is 22.2 Å². The van der Waals surface area contributed by atoms with Crippen molar-refractivity contribution in [2.24, 2.45) is 0 Å². The van der Waals surface area contributed by atoms with Crippen molar-refractivity contribution in [3.63, 3.8) is 0 Å². The number of aliphatic hydroxyl groups is 1. The maximum Gasteiger partial charge on any atom is 0.340 e. The van der Waals surface area contributed by atoms with Crippen LogP contribution in [0, 0.1) is 0 Å². The summed E-state index contributed by atoms with van der Waals surface area (Å²) >= 11 is 5.98. The molecule has 1 aliphatic heterocycles. The average molecular weight is 468 g/mol. The minimum Gasteiger partial charge on any atom is -0.467 e. The van der Waals surface area contributed by atoms with Gasteiger partial charge in [0.05, 0.1) is 24.1 Å². The van der Waals surface area contributed by atoms with Crippen LogP contribution >= 0.6 is 11.6 Å². The third-order valence-electron chi connectivity index (χ3n) is 5.00. The lowest BCUT2D eigenvalue weighted by molar-refractivity contribution is -0.138. The molecular formula is C24H22ClN3O5. The van der Waals surface area contributed by atoms with Crippen LogP contribution in [0.15, 0.2) is 77.4 Å². The number of furan rings is 1. The van der Waals surface area contributed by atoms with Crippen molar-refractivity contribution in [3.8, 4) is 0 Å². The third kappa shape index (κ3) is 5.19. The molecule has 1 atom stereocenters. The lowest BCUT2D eigenvalue weighted by Gasteiger charge is -2.24. The molecule has 170 valence electrons. The molecule has 3 aromatic rings. The average Bonchev–Trinajstić information content (AvgIpc) is 3.52. The van der Waals surface area contributed by atoms with E-state index in [4.69, 9.17) is 25.9 Å². The van der Waals surface area contributed by atoms with Crippen LogP contribution < -0.4 is 10.7 Å². The van der Waals surface area contributed by atoms with Gasteiger partial charge in [-0.3, -0.25) is 10.2 Å². The highest BCUT2D eigenvalue weighted by Crippen LogP contribution is 2.32. The van der Waals surface area contributed by atoms with Gasteiger partial charge in [-0.1, -0.05) is 35.9 Å². The molecule has 2 aromatic carbocycles. The van der Waals surface area contributed by atoms with E-state index in [9.17, 15) is 9.59 Å². The van der Waals surface area contributed by atoms with Crippen molar-refractivity contribution in [2.75, 3.05) is 25.1 Å². The van der Waals surface area contributed by atoms with E-state index in [2.05, 4.69) is 10.7 Å². The Morgan fingerprint density at radius 2 is 1.91 bits per heavy atom. The topological polar surface area (TPSA) is 104 Å². The molecule has 8 nitrogen and oxygen atoms in total. The molecule has 0 unspecified atom stereocenters. The molecule has 4 rings (SSSR count). The molecule has 0 saturated carbocycles. The molecule has 0 spiro atoms. The number of anilines is 1. The molecule has 3 N–H and O–H groups in total. The van der Waals surface area contributed by atoms with Crippen molar-refractivity contribution in [2.45, 2.75) is 6.04 Å². The third-order valence-corrected chi connectivity index (χ3v) is 5.26. The summed E-state index contributed by atoms with van der Waals surface area (Å²) in [5.41, 5.74) is 5.41. The number of esters is 1. The number of nitrogens with zero attached hydrogens (tertiary/aromatic N) is 1. The summed E-state index contributed by atoms with van der Waals surface area (Å²) in [7, 11) is 0. The molecule has 1 amide bonds. The van der Waals surface area contributed by atoms with Gasteiger partial charge in [-0.05, 0) is 48.0 Å². The van der Waals surface area contributed by atoms with Gasteiger partial charge in [-0.25, -0.2) is 9.80 Å². The quantitative estimate of drug-likeness (QED) is 0.434. The van der Waals surface area contributed by atoms with Gasteiger partial charge in [0, 0.05) is 17.3 Å². The maximum absolute atomic E-state index is 13.0. The number of hydrogen-bond donors (Lipinski definition) is 3. The Bertz CT molecular complexity index is 1150. The van der Waals surface area contributed by atoms with Gasteiger partial charge in [-0.15, -0.1) is 0 Å². The Hall–Kier alpha value is -3.75. The first kappa shape index (κ1) is 22.4. The van der Waals surface area contributed by atoms with E-state index in [-0.39, 0.29) is 18.7 Å². The van der Waals surface area contributed by atoms with E-state index in [1.54, 1.807) is 48.5 Å². The molecule has 0 fully saturated rings. The normalized spacial score (nSPS) is 15.0. The molecule has 33 heavy (non-hydrogen) atoms. The number of para-hydroxylation sites is 1. The molecule has 0 saturated heterocycles. The number of halogens is 1. The predicted molar refractivity (Wildman–Crippen MR) is 123 cm³/mol. The fourth-order valence-electron chi connectivity index (χ4n) is 3.43. The van der Waals surface area contributed by atoms with E-state index in [1.165, 1.54) is 11.3 Å². The standard InChI is InChI=1S/C24H22ClN3O5/c25-17-9-7-16(8-10-17)20-14-21(22-6-3-13-32-22)28(27-20)23(30)15-33-24(31)18-4-1-2-5-19(18)26-11-12-29/h1-10,13-14,21,26-27,29H,11-12,15H2/t21-/m1/s1. The summed E-state index contributed by atoms with van der Waals surface area (Å²) in [5, 5.41) is 13.9. The van der Waals surface area contributed by atoms with Crippen LogP contribution in [-0.2, 0) is 9.53 Å². The van der Waals surface area contributed by atoms with Gasteiger partial charge in [0.1, 0.15) is 11.8 Å². The second-order valence-electron chi connectivity index (χ2n) is 7.20. The summed E-state index contributed by atoms with van der Waals surface area (Å²) in [4.78, 5) is 25.6. The first-order valence-electron chi connectivity index (χ1n) is 10.3. The van der Waals surface area contributed by atoms with Crippen LogP contribution in [0.5, 0.6) is 0 Å². The van der Waals surface area contributed by atoms with Crippen molar-refractivity contribution in [1.82, 2.24) is 10.4 Å². The highest BCUT2D eigenvalue weighted by Gasteiger charge is 2.33. The summed E-state index contributed by atoms with van der Waals surface area (Å²) in [6.07, 6.45) is 3.39. The van der Waals surface area contributed by atoms with Gasteiger partial charge in [0.25, 0.3) is 5.91 Å². The Labute approximate surface area is 195 Å². The number of benzene rings is 2. The SMILES string of the molecule is O=C(OCC(=O)N1NC(c2ccc(Cl)cc2)=C[C@@H]1c1ccco1)c1ccccc1NCCO. The Kier molecular flexibility index (Phi) is 6.97. The second kappa shape index (κ2) is 10.2. The van der Waals surface area contributed by atoms with Crippen molar-refractivity contribution >= 4 is 34.9 Å². The van der Waals surface area contributed by atoms with Crippen LogP contribution in [0.2, 0.25) is 5.02 Å². The molecular weight excluding hydrogens is 446 g/mol. The summed E-state index contributed by atoms with van der Waals surface area (Å²) in [6, 6.07) is 16.9. The number of carbonyl (C=O) groups excluding carboxylic acids is 2. The fourth-order valence-corrected chi connectivity index (χ4v) is 3.55. The summed E-state index contributed by atoms with van der Waals surface area (Å²) in [6.45, 7) is -0.274. The molecule has 0 bridgehead atoms. The van der Waals surface area contributed by atoms with E-state index < -0.39 is 24.5 Å². The number of nitrogens with one attached hydrogen (secondary N) is 2. The molecule has 2 heterocycles. The lowest BCUT2D eigenvalue weighted by atomic mass is 10.1. The lowest BCUT2D eigenvalue weighted by Crippen LogP contribution is -2.42. The zero-order valence-electron chi connectivity index (χ0n) is 17.5. The number of rotatable bonds is 8. The number of hydrazine groups is 1. The van der Waals surface area contributed by atoms with Gasteiger partial charge >= 0.3 is 5.97 Å². The van der Waals surface area contributed by atoms with E-state index in [0.717, 1.165) is 5.56 Å². The zero-order valence-corrected chi connectivity index (χ0v) is 18.3. The Morgan fingerprint density at radius 3 is 2.64 bits per heavy atom. The van der Waals surface area contributed by atoms with Gasteiger partial charge in [0.2, 0.25) is 0 Å². The number of ether oxygens (including phenoxy) is 1. The zero-order chi connectivity index (χ0) is 23.2. The van der Waals surface area contributed by atoms with Crippen LogP contribution in [0.4, 0.5) is 5.69 Å². The largest absolute Gasteiger partial charge is 0.467 e. The maximum atomic E-state index is 13.0. The van der Waals surface area contributed by atoms with E-state index >= 15 is 0 Å². The first-order chi connectivity index (χ1) is 16.1. The van der Waals surface area contributed by atoms with Crippen molar-refractivity contribution in [3.05, 3.63) is 94.9 Å². The first-order valence-corrected chi connectivity index (χ1v) is 10.7. The highest BCUT2D eigenvalue weighted by atomic mass is 35.5. The van der Waals surface area contributed by atoms with Crippen LogP contribution in [0.25, 0.3) is 5.70 Å². The van der Waals surface area contributed by atoms with Crippen molar-refractivity contribution in [1.29, 1.82) is 0 Å². The number of hydrogen-bond acceptors (Lipinski definition) is 7. The minimum absolute atomic E-state index is 0.0837. The molecule has 1 aromatic heterocycles. The van der Waals surface area contributed by atoms with Crippen LogP contribution in [0.1, 0.15) is 27.7 Å². The van der Waals surface area contributed by atoms with Gasteiger partial charge < -0.3 is 19.6 Å². The minimum atomic E-state index is -0.649. The number of amides is 1. The van der Waals surface area contributed by atoms with Gasteiger partial charge in [-0.2, -0.15) is 0 Å². The highest BCUT2D eigenvalue weighted by molar-refractivity contribution is 6.30. The Morgan fingerprint density at radius 1 is 1.12 bits per heavy atom. The Balaban J connectivity index is 1.47. The molecule has 0 aliphatic carbocycles. The molecule has 0 radical (unpaired) electrons. The monoisotopic (exact) mass is 467 g/mol. The molecule has 9 heteroatoms. The molecule has 1 aliphatic rings.